The van der Waals surface area contributed by atoms with Crippen molar-refractivity contribution >= 4 is 11.8 Å². The normalized spacial score (nSPS) is 18.0. The van der Waals surface area contributed by atoms with Gasteiger partial charge in [0.25, 0.3) is 0 Å². The second-order valence-electron chi connectivity index (χ2n) is 9.57. The zero-order valence-corrected chi connectivity index (χ0v) is 22.3. The van der Waals surface area contributed by atoms with E-state index in [0.29, 0.717) is 24.5 Å². The van der Waals surface area contributed by atoms with Gasteiger partial charge in [-0.15, -0.1) is 0 Å². The van der Waals surface area contributed by atoms with Crippen molar-refractivity contribution in [1.82, 2.24) is 9.80 Å². The quantitative estimate of drug-likeness (QED) is 0.417. The number of nitrogens with zero attached hydrogens (tertiary/aromatic N) is 2. The molecule has 0 aliphatic carbocycles. The van der Waals surface area contributed by atoms with Gasteiger partial charge in [0, 0.05) is 20.0 Å². The molecule has 0 bridgehead atoms. The summed E-state index contributed by atoms with van der Waals surface area (Å²) in [4.78, 5) is 29.7. The average molecular weight is 497 g/mol. The van der Waals surface area contributed by atoms with Crippen LogP contribution in [0.4, 0.5) is 0 Å². The predicted octanol–water partition coefficient (Wildman–Crippen LogP) is 5.04. The molecule has 0 unspecified atom stereocenters. The molecular weight excluding hydrogens is 456 g/mol. The average Bonchev–Trinajstić information content (AvgIpc) is 2.89. The van der Waals surface area contributed by atoms with Gasteiger partial charge < -0.3 is 24.4 Å². The Labute approximate surface area is 215 Å². The van der Waals surface area contributed by atoms with Crippen LogP contribution in [-0.4, -0.2) is 66.6 Å². The van der Waals surface area contributed by atoms with Gasteiger partial charge in [0.05, 0.1) is 14.2 Å². The molecule has 0 saturated carbocycles. The lowest BCUT2D eigenvalue weighted by Crippen LogP contribution is -2.63. The maximum atomic E-state index is 13.4. The number of hydrogen-bond donors (Lipinski definition) is 1. The molecule has 1 heterocycles. The SMILES string of the molecule is CCCCCCCCN1C(=O)[C@H](Cc2ccc(-c3cc(OC)c(O)c(OC)c3)cc2)N(C)C(=O)[C@@H]1C. The Morgan fingerprint density at radius 2 is 1.44 bits per heavy atom. The Balaban J connectivity index is 1.71. The van der Waals surface area contributed by atoms with Crippen molar-refractivity contribution in [1.29, 1.82) is 0 Å². The summed E-state index contributed by atoms with van der Waals surface area (Å²) in [6, 6.07) is 10.5. The Hall–Kier alpha value is -3.22. The van der Waals surface area contributed by atoms with Gasteiger partial charge >= 0.3 is 0 Å². The fourth-order valence-corrected chi connectivity index (χ4v) is 4.84. The van der Waals surface area contributed by atoms with Crippen LogP contribution in [0.3, 0.4) is 0 Å². The van der Waals surface area contributed by atoms with E-state index in [1.165, 1.54) is 39.9 Å². The van der Waals surface area contributed by atoms with E-state index >= 15 is 0 Å². The molecule has 7 heteroatoms. The molecule has 36 heavy (non-hydrogen) atoms. The van der Waals surface area contributed by atoms with Crippen LogP contribution >= 0.6 is 0 Å². The number of amides is 2. The van der Waals surface area contributed by atoms with Crippen LogP contribution in [0.5, 0.6) is 17.2 Å². The van der Waals surface area contributed by atoms with Crippen molar-refractivity contribution in [2.75, 3.05) is 27.8 Å². The van der Waals surface area contributed by atoms with Crippen LogP contribution in [0.15, 0.2) is 36.4 Å². The van der Waals surface area contributed by atoms with Gasteiger partial charge in [-0.25, -0.2) is 0 Å². The van der Waals surface area contributed by atoms with Gasteiger partial charge in [-0.2, -0.15) is 0 Å². The van der Waals surface area contributed by atoms with Gasteiger partial charge in [-0.05, 0) is 42.2 Å². The number of phenols is 1. The maximum Gasteiger partial charge on any atom is 0.246 e. The smallest absolute Gasteiger partial charge is 0.246 e. The number of phenolic OH excluding ortho intramolecular Hbond substituents is 1. The Kier molecular flexibility index (Phi) is 9.62. The maximum absolute atomic E-state index is 13.4. The first-order chi connectivity index (χ1) is 17.3. The molecule has 1 fully saturated rings. The topological polar surface area (TPSA) is 79.3 Å². The van der Waals surface area contributed by atoms with Crippen LogP contribution in [0.25, 0.3) is 11.1 Å². The third kappa shape index (κ3) is 6.12. The summed E-state index contributed by atoms with van der Waals surface area (Å²) in [5, 5.41) is 10.2. The zero-order chi connectivity index (χ0) is 26.2. The molecular formula is C29H40N2O5. The number of rotatable bonds is 12. The number of unbranched alkanes of at least 4 members (excludes halogenated alkanes) is 5. The summed E-state index contributed by atoms with van der Waals surface area (Å²) in [5.74, 6) is 0.645. The number of carbonyl (C=O) groups excluding carboxylic acids is 2. The molecule has 1 saturated heterocycles. The molecule has 2 amide bonds. The minimum absolute atomic E-state index is 0.00881. The van der Waals surface area contributed by atoms with Crippen molar-refractivity contribution < 1.29 is 24.2 Å². The number of ether oxygens (including phenoxy) is 2. The molecule has 3 rings (SSSR count). The summed E-state index contributed by atoms with van der Waals surface area (Å²) in [7, 11) is 4.72. The molecule has 2 aromatic carbocycles. The zero-order valence-electron chi connectivity index (χ0n) is 22.3. The first-order valence-corrected chi connectivity index (χ1v) is 12.9. The summed E-state index contributed by atoms with van der Waals surface area (Å²) in [6.07, 6.45) is 7.33. The number of piperazine rings is 1. The van der Waals surface area contributed by atoms with E-state index in [1.807, 2.05) is 31.2 Å². The van der Waals surface area contributed by atoms with Crippen LogP contribution < -0.4 is 9.47 Å². The fourth-order valence-electron chi connectivity index (χ4n) is 4.84. The molecule has 2 aromatic rings. The van der Waals surface area contributed by atoms with E-state index in [-0.39, 0.29) is 17.6 Å². The van der Waals surface area contributed by atoms with Gasteiger partial charge in [0.15, 0.2) is 11.5 Å². The molecule has 1 N–H and O–H groups in total. The largest absolute Gasteiger partial charge is 0.502 e. The Morgan fingerprint density at radius 3 is 2.03 bits per heavy atom. The first-order valence-electron chi connectivity index (χ1n) is 12.9. The predicted molar refractivity (Wildman–Crippen MR) is 141 cm³/mol. The second kappa shape index (κ2) is 12.7. The van der Waals surface area contributed by atoms with E-state index in [1.54, 1.807) is 29.0 Å². The number of hydrogen-bond acceptors (Lipinski definition) is 5. The van der Waals surface area contributed by atoms with Crippen molar-refractivity contribution in [3.8, 4) is 28.4 Å². The van der Waals surface area contributed by atoms with Crippen LogP contribution in [0.1, 0.15) is 57.9 Å². The van der Waals surface area contributed by atoms with Crippen molar-refractivity contribution in [3.63, 3.8) is 0 Å². The van der Waals surface area contributed by atoms with Crippen molar-refractivity contribution in [3.05, 3.63) is 42.0 Å². The Morgan fingerprint density at radius 1 is 0.861 bits per heavy atom. The van der Waals surface area contributed by atoms with Gasteiger partial charge in [0.1, 0.15) is 12.1 Å². The molecule has 0 spiro atoms. The van der Waals surface area contributed by atoms with Crippen LogP contribution in [-0.2, 0) is 16.0 Å². The lowest BCUT2D eigenvalue weighted by molar-refractivity contribution is -0.159. The highest BCUT2D eigenvalue weighted by Crippen LogP contribution is 2.40. The summed E-state index contributed by atoms with van der Waals surface area (Å²) >= 11 is 0. The molecule has 1 aliphatic heterocycles. The third-order valence-corrected chi connectivity index (χ3v) is 7.16. The molecule has 0 radical (unpaired) electrons. The minimum Gasteiger partial charge on any atom is -0.502 e. The summed E-state index contributed by atoms with van der Waals surface area (Å²) in [6.45, 7) is 4.66. The highest BCUT2D eigenvalue weighted by atomic mass is 16.5. The van der Waals surface area contributed by atoms with Crippen LogP contribution in [0, 0.1) is 0 Å². The van der Waals surface area contributed by atoms with Gasteiger partial charge in [-0.1, -0.05) is 63.3 Å². The summed E-state index contributed by atoms with van der Waals surface area (Å²) in [5.41, 5.74) is 2.74. The number of aromatic hydroxyl groups is 1. The van der Waals surface area contributed by atoms with E-state index < -0.39 is 12.1 Å². The molecule has 1 aliphatic rings. The van der Waals surface area contributed by atoms with Crippen LogP contribution in [0.2, 0.25) is 0 Å². The first kappa shape index (κ1) is 27.4. The number of methoxy groups -OCH3 is 2. The van der Waals surface area contributed by atoms with E-state index in [2.05, 4.69) is 6.92 Å². The summed E-state index contributed by atoms with van der Waals surface area (Å²) < 4.78 is 10.5. The van der Waals surface area contributed by atoms with Gasteiger partial charge in [0.2, 0.25) is 17.6 Å². The number of likely N-dealkylation sites (N-methyl/N-ethyl adjacent to an activating group) is 1. The van der Waals surface area contributed by atoms with E-state index in [0.717, 1.165) is 29.5 Å². The minimum atomic E-state index is -0.506. The fraction of sp³-hybridized carbons (Fsp3) is 0.517. The molecule has 2 atom stereocenters. The molecule has 7 nitrogen and oxygen atoms in total. The van der Waals surface area contributed by atoms with E-state index in [4.69, 9.17) is 9.47 Å². The number of benzene rings is 2. The lowest BCUT2D eigenvalue weighted by atomic mass is 9.96. The second-order valence-corrected chi connectivity index (χ2v) is 9.57. The molecule has 0 aromatic heterocycles. The van der Waals surface area contributed by atoms with Crippen molar-refractivity contribution in [2.24, 2.45) is 0 Å². The van der Waals surface area contributed by atoms with Gasteiger partial charge in [-0.3, -0.25) is 9.59 Å². The van der Waals surface area contributed by atoms with Crippen molar-refractivity contribution in [2.45, 2.75) is 70.9 Å². The van der Waals surface area contributed by atoms with E-state index in [9.17, 15) is 14.7 Å². The highest BCUT2D eigenvalue weighted by Gasteiger charge is 2.41. The Bertz CT molecular complexity index is 1010. The number of carbonyl (C=O) groups is 2. The lowest BCUT2D eigenvalue weighted by Gasteiger charge is -2.42. The monoisotopic (exact) mass is 496 g/mol. The third-order valence-electron chi connectivity index (χ3n) is 7.16. The standard InChI is InChI=1S/C29H40N2O5/c1-6-7-8-9-10-11-16-31-20(2)28(33)30(3)24(29(31)34)17-21-12-14-22(15-13-21)23-18-25(35-4)27(32)26(19-23)36-5/h12-15,18-20,24,32H,6-11,16-17H2,1-5H3/t20-,24-/m0/s1. The highest BCUT2D eigenvalue weighted by molar-refractivity contribution is 5.96. The molecule has 196 valence electrons.